The highest BCUT2D eigenvalue weighted by Gasteiger charge is 2.54. The first kappa shape index (κ1) is 16.0. The van der Waals surface area contributed by atoms with Crippen LogP contribution in [0.25, 0.3) is 0 Å². The second-order valence-corrected chi connectivity index (χ2v) is 5.45. The van der Waals surface area contributed by atoms with E-state index in [4.69, 9.17) is 0 Å². The van der Waals surface area contributed by atoms with Crippen LogP contribution in [0.5, 0.6) is 0 Å². The molecule has 1 N–H and O–H groups in total. The summed E-state index contributed by atoms with van der Waals surface area (Å²) < 4.78 is 66.4. The van der Waals surface area contributed by atoms with Gasteiger partial charge in [0.05, 0.1) is 5.56 Å². The maximum absolute atomic E-state index is 14.0. The molecule has 0 saturated carbocycles. The lowest BCUT2D eigenvalue weighted by atomic mass is 9.88. The van der Waals surface area contributed by atoms with Gasteiger partial charge in [0.1, 0.15) is 5.54 Å². The van der Waals surface area contributed by atoms with E-state index < -0.39 is 23.2 Å². The third kappa shape index (κ3) is 2.84. The van der Waals surface area contributed by atoms with Gasteiger partial charge in [0.15, 0.2) is 0 Å². The van der Waals surface area contributed by atoms with E-state index in [0.29, 0.717) is 6.54 Å². The number of benzene rings is 1. The number of rotatable bonds is 3. The second-order valence-electron chi connectivity index (χ2n) is 5.45. The van der Waals surface area contributed by atoms with E-state index >= 15 is 0 Å². The van der Waals surface area contributed by atoms with Crippen molar-refractivity contribution in [3.8, 4) is 0 Å². The number of hydrogen-bond donors (Lipinski definition) is 1. The number of hydrogen-bond acceptors (Lipinski definition) is 2. The Balaban J connectivity index is 2.41. The fraction of sp³-hybridized carbons (Fsp3) is 0.571. The second kappa shape index (κ2) is 5.12. The van der Waals surface area contributed by atoms with E-state index in [0.717, 1.165) is 19.1 Å². The Bertz CT molecular complexity index is 501. The molecule has 1 atom stereocenters. The zero-order valence-electron chi connectivity index (χ0n) is 11.8. The molecule has 1 aromatic rings. The Morgan fingerprint density at radius 3 is 2.33 bits per heavy atom. The van der Waals surface area contributed by atoms with Crippen molar-refractivity contribution in [2.24, 2.45) is 0 Å². The van der Waals surface area contributed by atoms with Crippen LogP contribution in [0.3, 0.4) is 0 Å². The zero-order chi connectivity index (χ0) is 15.9. The number of likely N-dealkylation sites (N-methyl/N-ethyl adjacent to an activating group) is 1. The predicted molar refractivity (Wildman–Crippen MR) is 70.7 cm³/mol. The minimum Gasteiger partial charge on any atom is -0.362 e. The molecular weight excluding hydrogens is 291 g/mol. The molecule has 0 bridgehead atoms. The van der Waals surface area contributed by atoms with Crippen molar-refractivity contribution in [3.63, 3.8) is 0 Å². The minimum absolute atomic E-state index is 0.0310. The van der Waals surface area contributed by atoms with Gasteiger partial charge in [-0.3, -0.25) is 0 Å². The largest absolute Gasteiger partial charge is 0.416 e. The first-order valence-corrected chi connectivity index (χ1v) is 6.57. The summed E-state index contributed by atoms with van der Waals surface area (Å²) in [6.45, 7) is 1.25. The Hall–Kier alpha value is -1.37. The molecule has 118 valence electrons. The Labute approximate surface area is 119 Å². The quantitative estimate of drug-likeness (QED) is 0.859. The van der Waals surface area contributed by atoms with Crippen LogP contribution >= 0.6 is 0 Å². The molecule has 1 aliphatic rings. The molecule has 1 saturated heterocycles. The van der Waals surface area contributed by atoms with E-state index in [1.165, 1.54) is 24.1 Å². The highest BCUT2D eigenvalue weighted by molar-refractivity contribution is 5.52. The average molecular weight is 308 g/mol. The summed E-state index contributed by atoms with van der Waals surface area (Å²) in [6, 6.07) is 4.49. The molecule has 0 amide bonds. The lowest BCUT2D eigenvalue weighted by Gasteiger charge is -2.43. The number of anilines is 1. The lowest BCUT2D eigenvalue weighted by molar-refractivity contribution is -0.137. The van der Waals surface area contributed by atoms with Crippen LogP contribution in [0.2, 0.25) is 0 Å². The van der Waals surface area contributed by atoms with Gasteiger partial charge in [0.2, 0.25) is 0 Å². The summed E-state index contributed by atoms with van der Waals surface area (Å²) >= 11 is 0. The van der Waals surface area contributed by atoms with Gasteiger partial charge in [0.25, 0.3) is 5.92 Å². The highest BCUT2D eigenvalue weighted by Crippen LogP contribution is 2.41. The molecule has 1 heterocycles. The van der Waals surface area contributed by atoms with Crippen molar-refractivity contribution in [3.05, 3.63) is 29.8 Å². The number of halogens is 5. The molecule has 1 fully saturated rings. The van der Waals surface area contributed by atoms with Crippen LogP contribution in [-0.4, -0.2) is 31.6 Å². The summed E-state index contributed by atoms with van der Waals surface area (Å²) in [7, 11) is 1.42. The van der Waals surface area contributed by atoms with Crippen LogP contribution in [0, 0.1) is 0 Å². The molecular formula is C14H17F5N2. The monoisotopic (exact) mass is 308 g/mol. The number of nitrogens with one attached hydrogen (secondary N) is 1. The maximum atomic E-state index is 14.0. The number of nitrogens with zero attached hydrogens (tertiary/aromatic N) is 1. The predicted octanol–water partition coefficient (Wildman–Crippen LogP) is 3.53. The molecule has 0 radical (unpaired) electrons. The van der Waals surface area contributed by atoms with E-state index in [1.807, 2.05) is 0 Å². The first-order valence-electron chi connectivity index (χ1n) is 6.57. The summed E-state index contributed by atoms with van der Waals surface area (Å²) in [6.07, 6.45) is -4.32. The van der Waals surface area contributed by atoms with E-state index in [2.05, 4.69) is 5.32 Å². The third-order valence-corrected chi connectivity index (χ3v) is 4.15. The van der Waals surface area contributed by atoms with Crippen LogP contribution in [-0.2, 0) is 6.18 Å². The van der Waals surface area contributed by atoms with Crippen LogP contribution in [0.1, 0.15) is 18.9 Å². The first-order chi connectivity index (χ1) is 9.58. The van der Waals surface area contributed by atoms with E-state index in [1.54, 1.807) is 0 Å². The summed E-state index contributed by atoms with van der Waals surface area (Å²) in [4.78, 5) is 1.27. The van der Waals surface area contributed by atoms with Crippen molar-refractivity contribution in [2.75, 3.05) is 25.0 Å². The van der Waals surface area contributed by atoms with Gasteiger partial charge in [-0.25, -0.2) is 8.78 Å². The van der Waals surface area contributed by atoms with Crippen LogP contribution < -0.4 is 10.2 Å². The van der Waals surface area contributed by atoms with Gasteiger partial charge < -0.3 is 10.2 Å². The van der Waals surface area contributed by atoms with Crippen LogP contribution in [0.4, 0.5) is 27.6 Å². The Morgan fingerprint density at radius 1 is 1.19 bits per heavy atom. The maximum Gasteiger partial charge on any atom is 0.416 e. The van der Waals surface area contributed by atoms with Crippen molar-refractivity contribution < 1.29 is 22.0 Å². The molecule has 21 heavy (non-hydrogen) atoms. The lowest BCUT2D eigenvalue weighted by Crippen LogP contribution is -2.59. The SMILES string of the molecule is CN(c1cccc(C(F)(F)F)c1)C1(C(C)(F)F)CCNC1. The third-order valence-electron chi connectivity index (χ3n) is 4.15. The van der Waals surface area contributed by atoms with Gasteiger partial charge >= 0.3 is 6.18 Å². The molecule has 1 aliphatic heterocycles. The molecule has 1 aromatic carbocycles. The Kier molecular flexibility index (Phi) is 3.90. The normalized spacial score (nSPS) is 23.4. The zero-order valence-corrected chi connectivity index (χ0v) is 11.8. The molecule has 0 aliphatic carbocycles. The standard InChI is InChI=1S/C14H17F5N2/c1-12(15,16)13(6-7-20-9-13)21(2)11-5-3-4-10(8-11)14(17,18)19/h3-5,8,20H,6-7,9H2,1-2H3. The highest BCUT2D eigenvalue weighted by atomic mass is 19.4. The van der Waals surface area contributed by atoms with Gasteiger partial charge in [-0.05, 0) is 31.2 Å². The smallest absolute Gasteiger partial charge is 0.362 e. The summed E-state index contributed by atoms with van der Waals surface area (Å²) in [5.74, 6) is -3.04. The molecule has 7 heteroatoms. The van der Waals surface area contributed by atoms with Crippen LogP contribution in [0.15, 0.2) is 24.3 Å². The fourth-order valence-electron chi connectivity index (χ4n) is 2.77. The molecule has 0 spiro atoms. The summed E-state index contributed by atoms with van der Waals surface area (Å²) in [5, 5.41) is 2.87. The number of alkyl halides is 5. The molecule has 1 unspecified atom stereocenters. The topological polar surface area (TPSA) is 15.3 Å². The van der Waals surface area contributed by atoms with Crippen molar-refractivity contribution in [2.45, 2.75) is 31.0 Å². The van der Waals surface area contributed by atoms with E-state index in [-0.39, 0.29) is 18.7 Å². The molecule has 2 nitrogen and oxygen atoms in total. The van der Waals surface area contributed by atoms with Gasteiger partial charge in [-0.15, -0.1) is 0 Å². The van der Waals surface area contributed by atoms with Crippen molar-refractivity contribution >= 4 is 5.69 Å². The van der Waals surface area contributed by atoms with Gasteiger partial charge in [-0.1, -0.05) is 6.07 Å². The molecule has 2 rings (SSSR count). The Morgan fingerprint density at radius 2 is 1.86 bits per heavy atom. The molecule has 0 aromatic heterocycles. The minimum atomic E-state index is -4.49. The summed E-state index contributed by atoms with van der Waals surface area (Å²) in [5.41, 5.74) is -2.22. The van der Waals surface area contributed by atoms with Crippen molar-refractivity contribution in [1.29, 1.82) is 0 Å². The van der Waals surface area contributed by atoms with Crippen molar-refractivity contribution in [1.82, 2.24) is 5.32 Å². The van der Waals surface area contributed by atoms with Gasteiger partial charge in [0, 0.05) is 26.2 Å². The fourth-order valence-corrected chi connectivity index (χ4v) is 2.77. The van der Waals surface area contributed by atoms with Gasteiger partial charge in [-0.2, -0.15) is 13.2 Å². The average Bonchev–Trinajstić information content (AvgIpc) is 2.87. The van der Waals surface area contributed by atoms with E-state index in [9.17, 15) is 22.0 Å².